The first kappa shape index (κ1) is 18.9. The van der Waals surface area contributed by atoms with Gasteiger partial charge < -0.3 is 15.3 Å². The molecule has 2 aromatic carbocycles. The molecular weight excluding hydrogens is 372 g/mol. The monoisotopic (exact) mass is 392 g/mol. The number of carbonyl (C=O) groups is 4. The maximum atomic E-state index is 12.6. The summed E-state index contributed by atoms with van der Waals surface area (Å²) in [5, 5.41) is 11.2. The largest absolute Gasteiger partial charge is 0.480 e. The highest BCUT2D eigenvalue weighted by molar-refractivity contribution is 5.91. The van der Waals surface area contributed by atoms with Gasteiger partial charge in [0.25, 0.3) is 0 Å². The maximum Gasteiger partial charge on any atom is 0.322 e. The number of nitrogens with zero attached hydrogens (tertiary/aromatic N) is 1. The molecule has 0 saturated carbocycles. The van der Waals surface area contributed by atoms with Crippen molar-refractivity contribution < 1.29 is 24.3 Å². The van der Waals surface area contributed by atoms with Gasteiger partial charge in [-0.15, -0.1) is 0 Å². The molecule has 2 aromatic rings. The SMILES string of the molecule is O=Cc1ccc(-c2ccc3c(c2)[C@H]2CCC(=O)N2[C@H](C(=O)NCC(=O)O)C3)cc1. The first-order valence-corrected chi connectivity index (χ1v) is 9.47. The molecule has 0 spiro atoms. The number of carboxylic acid groups (broad SMARTS) is 1. The summed E-state index contributed by atoms with van der Waals surface area (Å²) in [6.45, 7) is -0.468. The molecule has 2 atom stereocenters. The lowest BCUT2D eigenvalue weighted by Crippen LogP contribution is -2.52. The molecule has 7 nitrogen and oxygen atoms in total. The van der Waals surface area contributed by atoms with Crippen molar-refractivity contribution in [3.05, 3.63) is 59.2 Å². The Balaban J connectivity index is 1.67. The second kappa shape index (κ2) is 7.50. The average molecular weight is 392 g/mol. The fourth-order valence-electron chi connectivity index (χ4n) is 4.23. The van der Waals surface area contributed by atoms with Crippen LogP contribution in [0.1, 0.15) is 40.4 Å². The quantitative estimate of drug-likeness (QED) is 0.757. The summed E-state index contributed by atoms with van der Waals surface area (Å²) in [5.41, 5.74) is 4.57. The molecule has 0 aliphatic carbocycles. The molecular formula is C22H20N2O5. The zero-order chi connectivity index (χ0) is 20.5. The Bertz CT molecular complexity index is 999. The average Bonchev–Trinajstić information content (AvgIpc) is 3.13. The van der Waals surface area contributed by atoms with Crippen molar-refractivity contribution in [3.8, 4) is 11.1 Å². The van der Waals surface area contributed by atoms with E-state index in [0.29, 0.717) is 24.8 Å². The van der Waals surface area contributed by atoms with E-state index in [1.165, 1.54) is 0 Å². The molecule has 4 rings (SSSR count). The van der Waals surface area contributed by atoms with Crippen LogP contribution in [-0.2, 0) is 20.8 Å². The number of fused-ring (bicyclic) bond motifs is 3. The molecule has 2 amide bonds. The molecule has 148 valence electrons. The Morgan fingerprint density at radius 3 is 2.55 bits per heavy atom. The third-order valence-corrected chi connectivity index (χ3v) is 5.61. The van der Waals surface area contributed by atoms with E-state index in [9.17, 15) is 19.2 Å². The highest BCUT2D eigenvalue weighted by Crippen LogP contribution is 2.42. The summed E-state index contributed by atoms with van der Waals surface area (Å²) >= 11 is 0. The van der Waals surface area contributed by atoms with Crippen molar-refractivity contribution in [2.45, 2.75) is 31.3 Å². The number of aldehydes is 1. The Hall–Kier alpha value is -3.48. The number of hydrogen-bond acceptors (Lipinski definition) is 4. The number of benzene rings is 2. The van der Waals surface area contributed by atoms with Crippen molar-refractivity contribution in [3.63, 3.8) is 0 Å². The number of rotatable bonds is 5. The molecule has 1 fully saturated rings. The van der Waals surface area contributed by atoms with Crippen molar-refractivity contribution in [1.82, 2.24) is 10.2 Å². The summed E-state index contributed by atoms with van der Waals surface area (Å²) in [7, 11) is 0. The molecule has 0 unspecified atom stereocenters. The molecule has 0 bridgehead atoms. The van der Waals surface area contributed by atoms with Gasteiger partial charge in [0.05, 0.1) is 6.04 Å². The van der Waals surface area contributed by atoms with Gasteiger partial charge in [0.15, 0.2) is 0 Å². The highest BCUT2D eigenvalue weighted by Gasteiger charge is 2.44. The van der Waals surface area contributed by atoms with Crippen LogP contribution < -0.4 is 5.32 Å². The molecule has 29 heavy (non-hydrogen) atoms. The topological polar surface area (TPSA) is 104 Å². The van der Waals surface area contributed by atoms with E-state index in [2.05, 4.69) is 5.32 Å². The molecule has 7 heteroatoms. The van der Waals surface area contributed by atoms with E-state index in [1.807, 2.05) is 30.3 Å². The lowest BCUT2D eigenvalue weighted by molar-refractivity contribution is -0.142. The second-order valence-electron chi connectivity index (χ2n) is 7.34. The highest BCUT2D eigenvalue weighted by atomic mass is 16.4. The Morgan fingerprint density at radius 2 is 1.86 bits per heavy atom. The van der Waals surface area contributed by atoms with Crippen molar-refractivity contribution in [1.29, 1.82) is 0 Å². The number of hydrogen-bond donors (Lipinski definition) is 2. The van der Waals surface area contributed by atoms with E-state index in [-0.39, 0.29) is 11.9 Å². The molecule has 2 N–H and O–H groups in total. The zero-order valence-corrected chi connectivity index (χ0v) is 15.6. The minimum absolute atomic E-state index is 0.0862. The van der Waals surface area contributed by atoms with Gasteiger partial charge >= 0.3 is 5.97 Å². The van der Waals surface area contributed by atoms with Gasteiger partial charge in [0, 0.05) is 18.4 Å². The van der Waals surface area contributed by atoms with Gasteiger partial charge in [-0.05, 0) is 34.7 Å². The summed E-state index contributed by atoms with van der Waals surface area (Å²) in [6.07, 6.45) is 2.15. The van der Waals surface area contributed by atoms with Crippen LogP contribution in [0, 0.1) is 0 Å². The van der Waals surface area contributed by atoms with Crippen LogP contribution in [0.25, 0.3) is 11.1 Å². The van der Waals surface area contributed by atoms with Crippen LogP contribution in [0.4, 0.5) is 0 Å². The summed E-state index contributed by atoms with van der Waals surface area (Å²) in [4.78, 5) is 48.3. The number of aliphatic carboxylic acids is 1. The fourth-order valence-corrected chi connectivity index (χ4v) is 4.23. The molecule has 0 radical (unpaired) electrons. The predicted molar refractivity (Wildman–Crippen MR) is 104 cm³/mol. The zero-order valence-electron chi connectivity index (χ0n) is 15.6. The van der Waals surface area contributed by atoms with Gasteiger partial charge in [-0.3, -0.25) is 19.2 Å². The van der Waals surface area contributed by atoms with E-state index >= 15 is 0 Å². The lowest BCUT2D eigenvalue weighted by atomic mass is 9.86. The van der Waals surface area contributed by atoms with E-state index < -0.39 is 24.5 Å². The molecule has 2 aliphatic rings. The summed E-state index contributed by atoms with van der Waals surface area (Å²) in [5.74, 6) is -1.65. The number of amides is 2. The van der Waals surface area contributed by atoms with Crippen LogP contribution in [0.5, 0.6) is 0 Å². The van der Waals surface area contributed by atoms with Gasteiger partial charge in [-0.2, -0.15) is 0 Å². The molecule has 2 aliphatic heterocycles. The van der Waals surface area contributed by atoms with Crippen LogP contribution >= 0.6 is 0 Å². The normalized spacial score (nSPS) is 20.0. The van der Waals surface area contributed by atoms with E-state index in [4.69, 9.17) is 5.11 Å². The van der Waals surface area contributed by atoms with Crippen molar-refractivity contribution in [2.24, 2.45) is 0 Å². The van der Waals surface area contributed by atoms with Crippen LogP contribution in [0.2, 0.25) is 0 Å². The molecule has 2 heterocycles. The minimum atomic E-state index is -1.12. The summed E-state index contributed by atoms with van der Waals surface area (Å²) in [6, 6.07) is 12.4. The van der Waals surface area contributed by atoms with Gasteiger partial charge in [-0.1, -0.05) is 36.4 Å². The van der Waals surface area contributed by atoms with Gasteiger partial charge in [-0.25, -0.2) is 0 Å². The van der Waals surface area contributed by atoms with E-state index in [1.54, 1.807) is 17.0 Å². The lowest BCUT2D eigenvalue weighted by Gasteiger charge is -2.38. The molecule has 1 saturated heterocycles. The Kier molecular flexibility index (Phi) is 4.88. The number of carbonyl (C=O) groups excluding carboxylic acids is 3. The Labute approximate surface area is 167 Å². The van der Waals surface area contributed by atoms with Gasteiger partial charge in [0.2, 0.25) is 11.8 Å². The standard InChI is InChI=1S/C22H20N2O5/c25-12-13-1-3-14(4-2-13)15-5-6-16-10-19(22(29)23-11-21(27)28)24-18(17(16)9-15)7-8-20(24)26/h1-6,9,12,18-19H,7-8,10-11H2,(H,23,29)(H,27,28)/t18-,19+/m1/s1. The summed E-state index contributed by atoms with van der Waals surface area (Å²) < 4.78 is 0. The minimum Gasteiger partial charge on any atom is -0.480 e. The maximum absolute atomic E-state index is 12.6. The van der Waals surface area contributed by atoms with Crippen molar-refractivity contribution in [2.75, 3.05) is 6.54 Å². The van der Waals surface area contributed by atoms with Crippen LogP contribution in [-0.4, -0.2) is 46.7 Å². The fraction of sp³-hybridized carbons (Fsp3) is 0.273. The van der Waals surface area contributed by atoms with Crippen molar-refractivity contribution >= 4 is 24.1 Å². The molecule has 0 aromatic heterocycles. The first-order valence-electron chi connectivity index (χ1n) is 9.47. The predicted octanol–water partition coefficient (Wildman–Crippen LogP) is 1.96. The number of carboxylic acids is 1. The number of nitrogens with one attached hydrogen (secondary N) is 1. The third kappa shape index (κ3) is 3.51. The smallest absolute Gasteiger partial charge is 0.322 e. The Morgan fingerprint density at radius 1 is 1.14 bits per heavy atom. The second-order valence-corrected chi connectivity index (χ2v) is 7.34. The third-order valence-electron chi connectivity index (χ3n) is 5.61. The van der Waals surface area contributed by atoms with Crippen LogP contribution in [0.15, 0.2) is 42.5 Å². The van der Waals surface area contributed by atoms with Gasteiger partial charge in [0.1, 0.15) is 18.9 Å². The van der Waals surface area contributed by atoms with E-state index in [0.717, 1.165) is 28.5 Å². The first-order chi connectivity index (χ1) is 14.0. The van der Waals surface area contributed by atoms with Crippen LogP contribution in [0.3, 0.4) is 0 Å².